The zero-order chi connectivity index (χ0) is 12.3. The van der Waals surface area contributed by atoms with Crippen LogP contribution in [0.25, 0.3) is 0 Å². The lowest BCUT2D eigenvalue weighted by atomic mass is 9.83. The van der Waals surface area contributed by atoms with Crippen LogP contribution in [-0.4, -0.2) is 29.3 Å². The first-order valence-corrected chi connectivity index (χ1v) is 6.46. The van der Waals surface area contributed by atoms with Gasteiger partial charge in [-0.1, -0.05) is 12.2 Å². The molecule has 96 valence electrons. The van der Waals surface area contributed by atoms with Crippen LogP contribution < -0.4 is 5.73 Å². The van der Waals surface area contributed by atoms with Crippen molar-refractivity contribution in [3.63, 3.8) is 0 Å². The molecular weight excluding hydrogens is 218 g/mol. The van der Waals surface area contributed by atoms with Crippen molar-refractivity contribution < 1.29 is 14.6 Å². The van der Waals surface area contributed by atoms with Crippen molar-refractivity contribution >= 4 is 5.97 Å². The van der Waals surface area contributed by atoms with Crippen molar-refractivity contribution in [1.29, 1.82) is 0 Å². The van der Waals surface area contributed by atoms with Crippen molar-refractivity contribution in [3.8, 4) is 0 Å². The lowest BCUT2D eigenvalue weighted by Gasteiger charge is -2.23. The molecule has 2 saturated heterocycles. The highest BCUT2D eigenvalue weighted by Crippen LogP contribution is 2.39. The summed E-state index contributed by atoms with van der Waals surface area (Å²) in [5, 5.41) is 8.49. The minimum absolute atomic E-state index is 0.192. The zero-order valence-corrected chi connectivity index (χ0v) is 10.0. The van der Waals surface area contributed by atoms with Crippen molar-refractivity contribution in [1.82, 2.24) is 0 Å². The second-order valence-corrected chi connectivity index (χ2v) is 5.02. The van der Waals surface area contributed by atoms with E-state index in [2.05, 4.69) is 12.2 Å². The average molecular weight is 239 g/mol. The SMILES string of the molecule is N[C@@H]1[C@H](CC=CCCCC(=O)O)[C@@H]2CC[C@H]1O2. The maximum absolute atomic E-state index is 10.3. The van der Waals surface area contributed by atoms with Crippen molar-refractivity contribution in [2.75, 3.05) is 0 Å². The third-order valence-electron chi connectivity index (χ3n) is 3.82. The highest BCUT2D eigenvalue weighted by atomic mass is 16.5. The summed E-state index contributed by atoms with van der Waals surface area (Å²) >= 11 is 0. The predicted molar refractivity (Wildman–Crippen MR) is 64.6 cm³/mol. The molecule has 0 aromatic heterocycles. The van der Waals surface area contributed by atoms with Gasteiger partial charge in [-0.2, -0.15) is 0 Å². The van der Waals surface area contributed by atoms with Gasteiger partial charge in [-0.05, 0) is 32.1 Å². The molecule has 2 aliphatic heterocycles. The molecule has 0 aromatic carbocycles. The number of aliphatic carboxylic acids is 1. The Kier molecular flexibility index (Phi) is 4.18. The molecule has 2 rings (SSSR count). The van der Waals surface area contributed by atoms with Gasteiger partial charge < -0.3 is 15.6 Å². The molecule has 4 atom stereocenters. The van der Waals surface area contributed by atoms with E-state index < -0.39 is 5.97 Å². The Balaban J connectivity index is 1.65. The molecule has 0 amide bonds. The summed E-state index contributed by atoms with van der Waals surface area (Å²) in [5.74, 6) is -0.258. The summed E-state index contributed by atoms with van der Waals surface area (Å²) in [6, 6.07) is 0.192. The molecule has 2 aliphatic rings. The summed E-state index contributed by atoms with van der Waals surface area (Å²) < 4.78 is 5.77. The maximum atomic E-state index is 10.3. The van der Waals surface area contributed by atoms with Crippen molar-refractivity contribution in [2.45, 2.75) is 56.8 Å². The second-order valence-electron chi connectivity index (χ2n) is 5.02. The van der Waals surface area contributed by atoms with Gasteiger partial charge in [0.2, 0.25) is 0 Å². The van der Waals surface area contributed by atoms with Crippen molar-refractivity contribution in [3.05, 3.63) is 12.2 Å². The van der Waals surface area contributed by atoms with Crippen molar-refractivity contribution in [2.24, 2.45) is 11.7 Å². The number of nitrogens with two attached hydrogens (primary N) is 1. The fourth-order valence-electron chi connectivity index (χ4n) is 2.86. The molecule has 0 spiro atoms. The molecule has 0 aromatic rings. The topological polar surface area (TPSA) is 72.6 Å². The van der Waals surface area contributed by atoms with Gasteiger partial charge in [0.05, 0.1) is 12.2 Å². The van der Waals surface area contributed by atoms with Gasteiger partial charge in [0.1, 0.15) is 0 Å². The Morgan fingerprint density at radius 2 is 2.12 bits per heavy atom. The number of allylic oxidation sites excluding steroid dienone is 2. The first-order chi connectivity index (χ1) is 8.18. The van der Waals surface area contributed by atoms with E-state index in [1.807, 2.05) is 0 Å². The van der Waals surface area contributed by atoms with Crippen LogP contribution in [0.2, 0.25) is 0 Å². The molecular formula is C13H21NO3. The first-order valence-electron chi connectivity index (χ1n) is 6.46. The Morgan fingerprint density at radius 1 is 1.35 bits per heavy atom. The van der Waals surface area contributed by atoms with E-state index in [4.69, 9.17) is 15.6 Å². The summed E-state index contributed by atoms with van der Waals surface area (Å²) in [6.45, 7) is 0. The van der Waals surface area contributed by atoms with Crippen LogP contribution in [0.4, 0.5) is 0 Å². The van der Waals surface area contributed by atoms with Crippen LogP contribution in [0.3, 0.4) is 0 Å². The van der Waals surface area contributed by atoms with Crippen LogP contribution in [0, 0.1) is 5.92 Å². The van der Waals surface area contributed by atoms with Crippen LogP contribution in [0.5, 0.6) is 0 Å². The van der Waals surface area contributed by atoms with E-state index >= 15 is 0 Å². The predicted octanol–water partition coefficient (Wildman–Crippen LogP) is 1.69. The number of rotatable bonds is 6. The van der Waals surface area contributed by atoms with Gasteiger partial charge in [-0.25, -0.2) is 0 Å². The lowest BCUT2D eigenvalue weighted by molar-refractivity contribution is -0.137. The molecule has 4 nitrogen and oxygen atoms in total. The van der Waals surface area contributed by atoms with Crippen LogP contribution in [0.15, 0.2) is 12.2 Å². The number of fused-ring (bicyclic) bond motifs is 2. The molecule has 2 heterocycles. The van der Waals surface area contributed by atoms with Gasteiger partial charge in [-0.15, -0.1) is 0 Å². The van der Waals surface area contributed by atoms with E-state index in [9.17, 15) is 4.79 Å². The van der Waals surface area contributed by atoms with Crippen LogP contribution in [0.1, 0.15) is 38.5 Å². The number of unbranched alkanes of at least 4 members (excludes halogenated alkanes) is 1. The van der Waals surface area contributed by atoms with E-state index in [-0.39, 0.29) is 18.6 Å². The average Bonchev–Trinajstić information content (AvgIpc) is 2.85. The number of ether oxygens (including phenoxy) is 1. The van der Waals surface area contributed by atoms with E-state index in [0.717, 1.165) is 25.7 Å². The third kappa shape index (κ3) is 3.07. The largest absolute Gasteiger partial charge is 0.481 e. The zero-order valence-electron chi connectivity index (χ0n) is 10.0. The number of hydrogen-bond donors (Lipinski definition) is 2. The fourth-order valence-corrected chi connectivity index (χ4v) is 2.86. The Labute approximate surface area is 102 Å². The van der Waals surface area contributed by atoms with Gasteiger partial charge in [-0.3, -0.25) is 4.79 Å². The second kappa shape index (κ2) is 5.65. The van der Waals surface area contributed by atoms with E-state index in [1.54, 1.807) is 0 Å². The minimum Gasteiger partial charge on any atom is -0.481 e. The van der Waals surface area contributed by atoms with E-state index in [0.29, 0.717) is 18.4 Å². The third-order valence-corrected chi connectivity index (χ3v) is 3.82. The lowest BCUT2D eigenvalue weighted by Crippen LogP contribution is -2.39. The standard InChI is InChI=1S/C13H21NO3/c14-13-9(10-7-8-11(13)17-10)5-3-1-2-4-6-12(15)16/h1,3,9-11,13H,2,4-8,14H2,(H,15,16)/t9-,10+,11-,13-/m1/s1. The van der Waals surface area contributed by atoms with E-state index in [1.165, 1.54) is 0 Å². The van der Waals surface area contributed by atoms with Crippen LogP contribution >= 0.6 is 0 Å². The highest BCUT2D eigenvalue weighted by molar-refractivity contribution is 5.66. The molecule has 0 unspecified atom stereocenters. The van der Waals surface area contributed by atoms with Crippen LogP contribution in [-0.2, 0) is 9.53 Å². The molecule has 2 fully saturated rings. The summed E-state index contributed by atoms with van der Waals surface area (Å²) in [6.07, 6.45) is 9.88. The van der Waals surface area contributed by atoms with Gasteiger partial charge in [0.25, 0.3) is 0 Å². The van der Waals surface area contributed by atoms with Gasteiger partial charge in [0.15, 0.2) is 0 Å². The number of carboxylic acids is 1. The molecule has 17 heavy (non-hydrogen) atoms. The maximum Gasteiger partial charge on any atom is 0.303 e. The molecule has 0 radical (unpaired) electrons. The number of hydrogen-bond acceptors (Lipinski definition) is 3. The fraction of sp³-hybridized carbons (Fsp3) is 0.769. The summed E-state index contributed by atoms with van der Waals surface area (Å²) in [4.78, 5) is 10.3. The highest BCUT2D eigenvalue weighted by Gasteiger charge is 2.46. The molecule has 0 saturated carbocycles. The molecule has 4 heteroatoms. The first kappa shape index (κ1) is 12.6. The number of carboxylic acid groups (broad SMARTS) is 1. The van der Waals surface area contributed by atoms with Gasteiger partial charge in [0, 0.05) is 18.4 Å². The summed E-state index contributed by atoms with van der Waals surface area (Å²) in [5.41, 5.74) is 6.11. The summed E-state index contributed by atoms with van der Waals surface area (Å²) in [7, 11) is 0. The quantitative estimate of drug-likeness (QED) is 0.546. The molecule has 2 bridgehead atoms. The molecule has 0 aliphatic carbocycles. The Hall–Kier alpha value is -0.870. The number of carbonyl (C=O) groups is 1. The minimum atomic E-state index is -0.720. The normalized spacial score (nSPS) is 35.8. The smallest absolute Gasteiger partial charge is 0.303 e. The monoisotopic (exact) mass is 239 g/mol. The molecule has 3 N–H and O–H groups in total. The Morgan fingerprint density at radius 3 is 2.76 bits per heavy atom. The Bertz CT molecular complexity index is 301. The van der Waals surface area contributed by atoms with Gasteiger partial charge >= 0.3 is 5.97 Å².